The predicted octanol–water partition coefficient (Wildman–Crippen LogP) is 2.31. The maximum atomic E-state index is 13.1. The Labute approximate surface area is 183 Å². The van der Waals surface area contributed by atoms with Crippen LogP contribution in [0.2, 0.25) is 0 Å². The molecule has 1 aliphatic heterocycles. The Morgan fingerprint density at radius 2 is 1.65 bits per heavy atom. The molecule has 0 saturated carbocycles. The highest BCUT2D eigenvalue weighted by molar-refractivity contribution is 5.85. The smallest absolute Gasteiger partial charge is 0.408 e. The van der Waals surface area contributed by atoms with E-state index in [1.165, 1.54) is 0 Å². The van der Waals surface area contributed by atoms with Crippen molar-refractivity contribution in [3.8, 4) is 0 Å². The van der Waals surface area contributed by atoms with Crippen LogP contribution in [-0.2, 0) is 27.3 Å². The van der Waals surface area contributed by atoms with Gasteiger partial charge in [-0.05, 0) is 11.1 Å². The van der Waals surface area contributed by atoms with Gasteiger partial charge in [0.2, 0.25) is 5.91 Å². The lowest BCUT2D eigenvalue weighted by atomic mass is 10.0. The summed E-state index contributed by atoms with van der Waals surface area (Å²) in [4.78, 5) is 29.5. The lowest BCUT2D eigenvalue weighted by molar-refractivity contribution is -0.132. The number of rotatable bonds is 9. The second kappa shape index (κ2) is 12.1. The number of morpholine rings is 1. The van der Waals surface area contributed by atoms with Gasteiger partial charge in [0.15, 0.2) is 0 Å². The highest BCUT2D eigenvalue weighted by Crippen LogP contribution is 2.08. The van der Waals surface area contributed by atoms with Crippen molar-refractivity contribution in [2.75, 3.05) is 46.4 Å². The molecule has 3 rings (SSSR count). The van der Waals surface area contributed by atoms with E-state index in [0.717, 1.165) is 44.0 Å². The summed E-state index contributed by atoms with van der Waals surface area (Å²) in [5.41, 5.74) is 1.87. The van der Waals surface area contributed by atoms with Crippen molar-refractivity contribution in [3.05, 3.63) is 71.8 Å². The Morgan fingerprint density at radius 3 is 2.29 bits per heavy atom. The van der Waals surface area contributed by atoms with Crippen molar-refractivity contribution in [1.29, 1.82) is 0 Å². The monoisotopic (exact) mass is 425 g/mol. The zero-order valence-electron chi connectivity index (χ0n) is 18.0. The third-order valence-corrected chi connectivity index (χ3v) is 5.32. The molecule has 1 aliphatic rings. The summed E-state index contributed by atoms with van der Waals surface area (Å²) in [6.45, 7) is 4.73. The van der Waals surface area contributed by atoms with Crippen molar-refractivity contribution < 1.29 is 19.1 Å². The second-order valence-corrected chi connectivity index (χ2v) is 7.66. The Kier molecular flexibility index (Phi) is 8.87. The van der Waals surface area contributed by atoms with E-state index in [1.807, 2.05) is 60.7 Å². The molecule has 0 radical (unpaired) electrons. The molecular weight excluding hydrogens is 394 g/mol. The molecule has 1 saturated heterocycles. The first-order chi connectivity index (χ1) is 15.1. The summed E-state index contributed by atoms with van der Waals surface area (Å²) in [5, 5.41) is 2.77. The maximum Gasteiger partial charge on any atom is 0.408 e. The van der Waals surface area contributed by atoms with Crippen molar-refractivity contribution in [1.82, 2.24) is 15.1 Å². The third-order valence-electron chi connectivity index (χ3n) is 5.32. The molecule has 0 spiro atoms. The fourth-order valence-corrected chi connectivity index (χ4v) is 3.45. The number of nitrogens with one attached hydrogen (secondary N) is 1. The van der Waals surface area contributed by atoms with Crippen LogP contribution < -0.4 is 5.32 Å². The van der Waals surface area contributed by atoms with Gasteiger partial charge in [0.05, 0.1) is 13.2 Å². The Bertz CT molecular complexity index is 810. The van der Waals surface area contributed by atoms with Gasteiger partial charge in [-0.3, -0.25) is 9.69 Å². The van der Waals surface area contributed by atoms with Gasteiger partial charge in [-0.25, -0.2) is 4.79 Å². The molecule has 1 heterocycles. The number of amides is 2. The third kappa shape index (κ3) is 7.70. The van der Waals surface area contributed by atoms with Crippen LogP contribution in [0, 0.1) is 0 Å². The fraction of sp³-hybridized carbons (Fsp3) is 0.417. The first-order valence-electron chi connectivity index (χ1n) is 10.7. The van der Waals surface area contributed by atoms with E-state index in [-0.39, 0.29) is 12.5 Å². The van der Waals surface area contributed by atoms with Crippen molar-refractivity contribution in [2.45, 2.75) is 19.1 Å². The van der Waals surface area contributed by atoms with E-state index in [1.54, 1.807) is 11.9 Å². The molecule has 2 amide bonds. The number of benzene rings is 2. The lowest BCUT2D eigenvalue weighted by Gasteiger charge is -2.30. The second-order valence-electron chi connectivity index (χ2n) is 7.66. The van der Waals surface area contributed by atoms with Gasteiger partial charge in [0.25, 0.3) is 0 Å². The van der Waals surface area contributed by atoms with Crippen LogP contribution in [0.15, 0.2) is 60.7 Å². The fourth-order valence-electron chi connectivity index (χ4n) is 3.45. The molecule has 2 aromatic carbocycles. The predicted molar refractivity (Wildman–Crippen MR) is 119 cm³/mol. The summed E-state index contributed by atoms with van der Waals surface area (Å²) >= 11 is 0. The van der Waals surface area contributed by atoms with E-state index < -0.39 is 12.1 Å². The summed E-state index contributed by atoms with van der Waals surface area (Å²) < 4.78 is 10.7. The van der Waals surface area contributed by atoms with Gasteiger partial charge in [-0.1, -0.05) is 60.7 Å². The zero-order valence-corrected chi connectivity index (χ0v) is 18.0. The molecule has 166 valence electrons. The number of hydrogen-bond donors (Lipinski definition) is 1. The first-order valence-corrected chi connectivity index (χ1v) is 10.7. The highest BCUT2D eigenvalue weighted by atomic mass is 16.5. The lowest BCUT2D eigenvalue weighted by Crippen LogP contribution is -2.50. The minimum Gasteiger partial charge on any atom is -0.445 e. The normalized spacial score (nSPS) is 15.1. The van der Waals surface area contributed by atoms with Crippen molar-refractivity contribution in [3.63, 3.8) is 0 Å². The molecule has 1 unspecified atom stereocenters. The van der Waals surface area contributed by atoms with E-state index in [4.69, 9.17) is 9.47 Å². The van der Waals surface area contributed by atoms with Crippen LogP contribution >= 0.6 is 0 Å². The van der Waals surface area contributed by atoms with Crippen LogP contribution in [-0.4, -0.2) is 74.3 Å². The minimum absolute atomic E-state index is 0.131. The van der Waals surface area contributed by atoms with Gasteiger partial charge >= 0.3 is 6.09 Å². The molecule has 0 bridgehead atoms. The van der Waals surface area contributed by atoms with Gasteiger partial charge < -0.3 is 19.7 Å². The van der Waals surface area contributed by atoms with Gasteiger partial charge in [0, 0.05) is 39.6 Å². The van der Waals surface area contributed by atoms with Gasteiger partial charge in [-0.15, -0.1) is 0 Å². The summed E-state index contributed by atoms with van der Waals surface area (Å²) in [6, 6.07) is 18.4. The standard InChI is InChI=1S/C24H31N3O4/c1-26(12-13-27-14-16-30-17-15-27)23(28)22(18-20-8-4-2-5-9-20)25-24(29)31-19-21-10-6-3-7-11-21/h2-11,22H,12-19H2,1H3,(H,25,29). The van der Waals surface area contributed by atoms with E-state index in [0.29, 0.717) is 13.0 Å². The quantitative estimate of drug-likeness (QED) is 0.668. The molecule has 0 aliphatic carbocycles. The SMILES string of the molecule is CN(CCN1CCOCC1)C(=O)C(Cc1ccccc1)NC(=O)OCc1ccccc1. The molecule has 1 fully saturated rings. The molecule has 7 nitrogen and oxygen atoms in total. The minimum atomic E-state index is -0.694. The molecule has 2 aromatic rings. The van der Waals surface area contributed by atoms with Crippen LogP contribution in [0.4, 0.5) is 4.79 Å². The molecule has 1 N–H and O–H groups in total. The van der Waals surface area contributed by atoms with Gasteiger partial charge in [-0.2, -0.15) is 0 Å². The number of nitrogens with zero attached hydrogens (tertiary/aromatic N) is 2. The largest absolute Gasteiger partial charge is 0.445 e. The average Bonchev–Trinajstić information content (AvgIpc) is 2.82. The molecular formula is C24H31N3O4. The van der Waals surface area contributed by atoms with E-state index >= 15 is 0 Å². The van der Waals surface area contributed by atoms with Crippen molar-refractivity contribution in [2.24, 2.45) is 0 Å². The number of carbonyl (C=O) groups excluding carboxylic acids is 2. The maximum absolute atomic E-state index is 13.1. The first kappa shape index (κ1) is 22.8. The number of carbonyl (C=O) groups is 2. The number of alkyl carbamates (subject to hydrolysis) is 1. The van der Waals surface area contributed by atoms with Gasteiger partial charge in [0.1, 0.15) is 12.6 Å². The highest BCUT2D eigenvalue weighted by Gasteiger charge is 2.25. The zero-order chi connectivity index (χ0) is 21.9. The van der Waals surface area contributed by atoms with E-state index in [2.05, 4.69) is 10.2 Å². The van der Waals surface area contributed by atoms with Crippen LogP contribution in [0.3, 0.4) is 0 Å². The molecule has 31 heavy (non-hydrogen) atoms. The molecule has 0 aromatic heterocycles. The number of hydrogen-bond acceptors (Lipinski definition) is 5. The Morgan fingerprint density at radius 1 is 1.03 bits per heavy atom. The van der Waals surface area contributed by atoms with Crippen LogP contribution in [0.5, 0.6) is 0 Å². The van der Waals surface area contributed by atoms with Crippen LogP contribution in [0.25, 0.3) is 0 Å². The summed E-state index contributed by atoms with van der Waals surface area (Å²) in [7, 11) is 1.78. The average molecular weight is 426 g/mol. The van der Waals surface area contributed by atoms with Crippen molar-refractivity contribution >= 4 is 12.0 Å². The molecule has 1 atom stereocenters. The summed E-state index contributed by atoms with van der Waals surface area (Å²) in [5.74, 6) is -0.131. The molecule has 7 heteroatoms. The van der Waals surface area contributed by atoms with Crippen LogP contribution in [0.1, 0.15) is 11.1 Å². The number of likely N-dealkylation sites (N-methyl/N-ethyl adjacent to an activating group) is 1. The Hall–Kier alpha value is -2.90. The topological polar surface area (TPSA) is 71.1 Å². The number of ether oxygens (including phenoxy) is 2. The Balaban J connectivity index is 1.57. The van der Waals surface area contributed by atoms with E-state index in [9.17, 15) is 9.59 Å². The summed E-state index contributed by atoms with van der Waals surface area (Å²) in [6.07, 6.45) is -0.193.